The molecule has 3 aromatic rings. The number of nitrogens with one attached hydrogen (secondary N) is 1. The second kappa shape index (κ2) is 12.5. The summed E-state index contributed by atoms with van der Waals surface area (Å²) in [5.74, 6) is 1.01. The number of piperidine rings is 1. The predicted octanol–water partition coefficient (Wildman–Crippen LogP) is 6.59. The fourth-order valence-electron chi connectivity index (χ4n) is 7.17. The smallest absolute Gasteiger partial charge is 0.251 e. The molecule has 5 nitrogen and oxygen atoms in total. The maximum absolute atomic E-state index is 12.8. The molecule has 1 N–H and O–H groups in total. The van der Waals surface area contributed by atoms with Crippen LogP contribution in [0.2, 0.25) is 0 Å². The van der Waals surface area contributed by atoms with Gasteiger partial charge in [0.1, 0.15) is 5.75 Å². The number of piperazine rings is 1. The number of hydrogen-bond donors (Lipinski definition) is 1. The fourth-order valence-corrected chi connectivity index (χ4v) is 7.17. The van der Waals surface area contributed by atoms with E-state index >= 15 is 0 Å². The van der Waals surface area contributed by atoms with Gasteiger partial charge in [0, 0.05) is 43.3 Å². The van der Waals surface area contributed by atoms with Crippen LogP contribution < -0.4 is 15.0 Å². The SMILES string of the molecule is COc1cccc(Cc2ccc(C(=O)NC3CCCCC3)cc2)c1N1CC2CCCC(C1)N2Cc1ccccc1. The number of rotatable bonds is 8. The van der Waals surface area contributed by atoms with Crippen LogP contribution in [0, 0.1) is 0 Å². The molecule has 1 amide bonds. The van der Waals surface area contributed by atoms with Crippen molar-refractivity contribution in [1.29, 1.82) is 0 Å². The van der Waals surface area contributed by atoms with Gasteiger partial charge < -0.3 is 15.0 Å². The molecule has 0 aromatic heterocycles. The molecule has 2 saturated heterocycles. The number of hydrogen-bond acceptors (Lipinski definition) is 4. The average Bonchev–Trinajstić information content (AvgIpc) is 2.98. The van der Waals surface area contributed by atoms with Gasteiger partial charge in [-0.2, -0.15) is 0 Å². The van der Waals surface area contributed by atoms with Crippen LogP contribution in [-0.2, 0) is 13.0 Å². The lowest BCUT2D eigenvalue weighted by Crippen LogP contribution is -2.60. The molecule has 210 valence electrons. The first kappa shape index (κ1) is 26.9. The van der Waals surface area contributed by atoms with Crippen molar-refractivity contribution >= 4 is 11.6 Å². The maximum atomic E-state index is 12.8. The molecule has 6 rings (SSSR count). The summed E-state index contributed by atoms with van der Waals surface area (Å²) in [6.45, 7) is 3.08. The summed E-state index contributed by atoms with van der Waals surface area (Å²) in [5, 5.41) is 3.24. The molecular weight excluding hydrogens is 494 g/mol. The third-order valence-electron chi connectivity index (χ3n) is 9.25. The molecule has 1 aliphatic carbocycles. The number of methoxy groups -OCH3 is 1. The van der Waals surface area contributed by atoms with Gasteiger partial charge in [-0.25, -0.2) is 0 Å². The highest BCUT2D eigenvalue weighted by Crippen LogP contribution is 2.39. The van der Waals surface area contributed by atoms with Gasteiger partial charge in [0.2, 0.25) is 0 Å². The minimum absolute atomic E-state index is 0.0560. The zero-order chi connectivity index (χ0) is 27.3. The molecule has 0 radical (unpaired) electrons. The van der Waals surface area contributed by atoms with Crippen LogP contribution >= 0.6 is 0 Å². The fraction of sp³-hybridized carbons (Fsp3) is 0.457. The Morgan fingerprint density at radius 1 is 0.800 bits per heavy atom. The van der Waals surface area contributed by atoms with Crippen molar-refractivity contribution in [2.45, 2.75) is 82.5 Å². The number of nitrogens with zero attached hydrogens (tertiary/aromatic N) is 2. The molecular formula is C35H43N3O2. The highest BCUT2D eigenvalue weighted by molar-refractivity contribution is 5.94. The van der Waals surface area contributed by atoms with Gasteiger partial charge >= 0.3 is 0 Å². The van der Waals surface area contributed by atoms with Gasteiger partial charge in [-0.15, -0.1) is 0 Å². The van der Waals surface area contributed by atoms with Crippen molar-refractivity contribution in [2.75, 3.05) is 25.1 Å². The standard InChI is InChI=1S/C35H43N3O2/c1-40-33-17-8-12-29(22-26-18-20-28(21-19-26)35(39)36-30-13-6-3-7-14-30)34(33)37-24-31-15-9-16-32(25-37)38(31)23-27-10-4-2-5-11-27/h2,4-5,8,10-12,17-21,30-32H,3,6-7,9,13-16,22-25H2,1H3,(H,36,39). The van der Waals surface area contributed by atoms with Crippen LogP contribution in [-0.4, -0.2) is 49.1 Å². The second-order valence-corrected chi connectivity index (χ2v) is 12.0. The van der Waals surface area contributed by atoms with Gasteiger partial charge in [0.15, 0.2) is 0 Å². The molecule has 2 bridgehead atoms. The molecule has 2 atom stereocenters. The Hall–Kier alpha value is -3.31. The van der Waals surface area contributed by atoms with Crippen LogP contribution in [0.4, 0.5) is 5.69 Å². The van der Waals surface area contributed by atoms with E-state index in [0.717, 1.165) is 50.2 Å². The minimum Gasteiger partial charge on any atom is -0.495 e. The topological polar surface area (TPSA) is 44.8 Å². The summed E-state index contributed by atoms with van der Waals surface area (Å²) in [7, 11) is 1.79. The molecule has 2 heterocycles. The highest BCUT2D eigenvalue weighted by atomic mass is 16.5. The number of ether oxygens (including phenoxy) is 1. The van der Waals surface area contributed by atoms with E-state index in [2.05, 4.69) is 75.8 Å². The van der Waals surface area contributed by atoms with E-state index in [0.29, 0.717) is 18.1 Å². The Balaban J connectivity index is 1.18. The predicted molar refractivity (Wildman–Crippen MR) is 162 cm³/mol. The molecule has 5 heteroatoms. The summed E-state index contributed by atoms with van der Waals surface area (Å²) in [6.07, 6.45) is 10.5. The van der Waals surface area contributed by atoms with E-state index < -0.39 is 0 Å². The molecule has 3 aromatic carbocycles. The molecule has 40 heavy (non-hydrogen) atoms. The quantitative estimate of drug-likeness (QED) is 0.352. The van der Waals surface area contributed by atoms with E-state index in [4.69, 9.17) is 4.74 Å². The summed E-state index contributed by atoms with van der Waals surface area (Å²) in [6, 6.07) is 27.0. The van der Waals surface area contributed by atoms with Crippen molar-refractivity contribution in [2.24, 2.45) is 0 Å². The number of benzene rings is 3. The number of anilines is 1. The third kappa shape index (κ3) is 6.05. The Morgan fingerprint density at radius 2 is 1.52 bits per heavy atom. The Kier molecular flexibility index (Phi) is 8.38. The number of amides is 1. The lowest BCUT2D eigenvalue weighted by atomic mass is 9.89. The number of para-hydroxylation sites is 1. The van der Waals surface area contributed by atoms with E-state index in [1.807, 2.05) is 12.1 Å². The van der Waals surface area contributed by atoms with Crippen LogP contribution in [0.25, 0.3) is 0 Å². The van der Waals surface area contributed by atoms with Crippen molar-refractivity contribution < 1.29 is 9.53 Å². The van der Waals surface area contributed by atoms with Gasteiger partial charge in [0.25, 0.3) is 5.91 Å². The summed E-state index contributed by atoms with van der Waals surface area (Å²) in [4.78, 5) is 18.2. The van der Waals surface area contributed by atoms with Crippen molar-refractivity contribution in [3.05, 3.63) is 95.1 Å². The van der Waals surface area contributed by atoms with Crippen LogP contribution in [0.15, 0.2) is 72.8 Å². The number of fused-ring (bicyclic) bond motifs is 2. The molecule has 2 aliphatic heterocycles. The highest BCUT2D eigenvalue weighted by Gasteiger charge is 2.38. The molecule has 0 spiro atoms. The molecule has 2 unspecified atom stereocenters. The first-order chi connectivity index (χ1) is 19.7. The summed E-state index contributed by atoms with van der Waals surface area (Å²) >= 11 is 0. The average molecular weight is 538 g/mol. The van der Waals surface area contributed by atoms with Gasteiger partial charge in [-0.3, -0.25) is 9.69 Å². The Morgan fingerprint density at radius 3 is 2.23 bits per heavy atom. The van der Waals surface area contributed by atoms with Gasteiger partial charge in [0.05, 0.1) is 12.8 Å². The molecule has 3 aliphatic rings. The zero-order valence-corrected chi connectivity index (χ0v) is 23.9. The van der Waals surface area contributed by atoms with Crippen molar-refractivity contribution in [3.63, 3.8) is 0 Å². The van der Waals surface area contributed by atoms with Crippen LogP contribution in [0.3, 0.4) is 0 Å². The van der Waals surface area contributed by atoms with Crippen LogP contribution in [0.1, 0.15) is 78.4 Å². The van der Waals surface area contributed by atoms with E-state index in [1.165, 1.54) is 60.9 Å². The van der Waals surface area contributed by atoms with Crippen LogP contribution in [0.5, 0.6) is 5.75 Å². The Bertz CT molecular complexity index is 1260. The summed E-state index contributed by atoms with van der Waals surface area (Å²) < 4.78 is 5.94. The molecule has 3 fully saturated rings. The monoisotopic (exact) mass is 537 g/mol. The van der Waals surface area contributed by atoms with Crippen molar-refractivity contribution in [3.8, 4) is 5.75 Å². The van der Waals surface area contributed by atoms with Crippen molar-refractivity contribution in [1.82, 2.24) is 10.2 Å². The van der Waals surface area contributed by atoms with E-state index in [-0.39, 0.29) is 5.91 Å². The van der Waals surface area contributed by atoms with E-state index in [1.54, 1.807) is 7.11 Å². The first-order valence-corrected chi connectivity index (χ1v) is 15.3. The zero-order valence-electron chi connectivity index (χ0n) is 23.9. The van der Waals surface area contributed by atoms with Gasteiger partial charge in [-0.1, -0.05) is 80.3 Å². The van der Waals surface area contributed by atoms with Gasteiger partial charge in [-0.05, 0) is 67.0 Å². The summed E-state index contributed by atoms with van der Waals surface area (Å²) in [5.41, 5.74) is 5.89. The lowest BCUT2D eigenvalue weighted by molar-refractivity contribution is 0.0579. The minimum atomic E-state index is 0.0560. The third-order valence-corrected chi connectivity index (χ3v) is 9.25. The largest absolute Gasteiger partial charge is 0.495 e. The maximum Gasteiger partial charge on any atom is 0.251 e. The number of carbonyl (C=O) groups is 1. The normalized spacial score (nSPS) is 21.7. The first-order valence-electron chi connectivity index (χ1n) is 15.3. The van der Waals surface area contributed by atoms with E-state index in [9.17, 15) is 4.79 Å². The second-order valence-electron chi connectivity index (χ2n) is 12.0. The molecule has 1 saturated carbocycles. The lowest BCUT2D eigenvalue weighted by Gasteiger charge is -2.51. The Labute approximate surface area is 239 Å². The number of carbonyl (C=O) groups excluding carboxylic acids is 1.